The minimum atomic E-state index is -0.211. The highest BCUT2D eigenvalue weighted by molar-refractivity contribution is 5.79. The van der Waals surface area contributed by atoms with E-state index in [1.54, 1.807) is 12.1 Å². The molecule has 0 radical (unpaired) electrons. The standard InChI is InChI=1S/C19H26FNO2/c20-18-6-4-16(5-7-18)14-23-13-10-15-8-11-21(12-9-15)19(22)17-2-1-3-17/h4-7,15,17H,1-3,8-14H2. The predicted octanol–water partition coefficient (Wildman–Crippen LogP) is 3.77. The van der Waals surface area contributed by atoms with Crippen LogP contribution >= 0.6 is 0 Å². The van der Waals surface area contributed by atoms with Crippen LogP contribution in [0.15, 0.2) is 24.3 Å². The largest absolute Gasteiger partial charge is 0.377 e. The number of benzene rings is 1. The van der Waals surface area contributed by atoms with Gasteiger partial charge in [-0.05, 0) is 55.7 Å². The Hall–Kier alpha value is -1.42. The molecular weight excluding hydrogens is 293 g/mol. The molecule has 2 fully saturated rings. The van der Waals surface area contributed by atoms with Crippen molar-refractivity contribution >= 4 is 5.91 Å². The third kappa shape index (κ3) is 4.54. The van der Waals surface area contributed by atoms with Crippen molar-refractivity contribution in [2.24, 2.45) is 11.8 Å². The van der Waals surface area contributed by atoms with Gasteiger partial charge < -0.3 is 9.64 Å². The van der Waals surface area contributed by atoms with Gasteiger partial charge in [-0.3, -0.25) is 4.79 Å². The molecule has 4 heteroatoms. The molecule has 126 valence electrons. The van der Waals surface area contributed by atoms with E-state index < -0.39 is 0 Å². The molecule has 23 heavy (non-hydrogen) atoms. The molecule has 0 aromatic heterocycles. The van der Waals surface area contributed by atoms with Crippen LogP contribution in [-0.2, 0) is 16.1 Å². The second-order valence-electron chi connectivity index (χ2n) is 6.86. The quantitative estimate of drug-likeness (QED) is 0.747. The van der Waals surface area contributed by atoms with Gasteiger partial charge in [-0.15, -0.1) is 0 Å². The van der Waals surface area contributed by atoms with E-state index in [0.717, 1.165) is 57.4 Å². The van der Waals surface area contributed by atoms with Gasteiger partial charge in [0, 0.05) is 25.6 Å². The van der Waals surface area contributed by atoms with Crippen LogP contribution in [0.25, 0.3) is 0 Å². The van der Waals surface area contributed by atoms with Crippen LogP contribution in [0.3, 0.4) is 0 Å². The lowest BCUT2D eigenvalue weighted by atomic mass is 9.83. The molecule has 3 rings (SSSR count). The van der Waals surface area contributed by atoms with Crippen LogP contribution in [0.4, 0.5) is 4.39 Å². The van der Waals surface area contributed by atoms with Crippen LogP contribution in [0.5, 0.6) is 0 Å². The Balaban J connectivity index is 1.30. The summed E-state index contributed by atoms with van der Waals surface area (Å²) in [6, 6.07) is 6.46. The SMILES string of the molecule is O=C(C1CCC1)N1CCC(CCOCc2ccc(F)cc2)CC1. The Morgan fingerprint density at radius 1 is 1.13 bits per heavy atom. The van der Waals surface area contributed by atoms with Crippen LogP contribution in [-0.4, -0.2) is 30.5 Å². The van der Waals surface area contributed by atoms with Crippen molar-refractivity contribution < 1.29 is 13.9 Å². The van der Waals surface area contributed by atoms with E-state index in [0.29, 0.717) is 24.3 Å². The zero-order valence-corrected chi connectivity index (χ0v) is 13.7. The number of nitrogens with zero attached hydrogens (tertiary/aromatic N) is 1. The maximum atomic E-state index is 12.8. The number of halogens is 1. The first-order valence-electron chi connectivity index (χ1n) is 8.83. The summed E-state index contributed by atoms with van der Waals surface area (Å²) in [5.41, 5.74) is 1.01. The maximum Gasteiger partial charge on any atom is 0.225 e. The van der Waals surface area contributed by atoms with Crippen molar-refractivity contribution in [1.29, 1.82) is 0 Å². The summed E-state index contributed by atoms with van der Waals surface area (Å²) < 4.78 is 18.5. The van der Waals surface area contributed by atoms with E-state index in [1.165, 1.54) is 18.6 Å². The molecule has 0 spiro atoms. The van der Waals surface area contributed by atoms with Crippen molar-refractivity contribution in [3.05, 3.63) is 35.6 Å². The van der Waals surface area contributed by atoms with E-state index in [9.17, 15) is 9.18 Å². The molecule has 1 amide bonds. The second-order valence-corrected chi connectivity index (χ2v) is 6.86. The fourth-order valence-corrected chi connectivity index (χ4v) is 3.38. The lowest BCUT2D eigenvalue weighted by Crippen LogP contribution is -2.43. The van der Waals surface area contributed by atoms with Gasteiger partial charge in [0.25, 0.3) is 0 Å². The zero-order chi connectivity index (χ0) is 16.1. The molecule has 3 nitrogen and oxygen atoms in total. The molecule has 1 saturated carbocycles. The monoisotopic (exact) mass is 319 g/mol. The molecule has 2 aliphatic rings. The summed E-state index contributed by atoms with van der Waals surface area (Å²) in [4.78, 5) is 14.3. The maximum absolute atomic E-state index is 12.8. The lowest BCUT2D eigenvalue weighted by molar-refractivity contribution is -0.139. The van der Waals surface area contributed by atoms with Crippen LogP contribution in [0, 0.1) is 17.7 Å². The third-order valence-electron chi connectivity index (χ3n) is 5.23. The van der Waals surface area contributed by atoms with Crippen LogP contribution < -0.4 is 0 Å². The fourth-order valence-electron chi connectivity index (χ4n) is 3.38. The first-order chi connectivity index (χ1) is 11.2. The lowest BCUT2D eigenvalue weighted by Gasteiger charge is -2.36. The van der Waals surface area contributed by atoms with E-state index in [2.05, 4.69) is 4.90 Å². The number of carbonyl (C=O) groups is 1. The first kappa shape index (κ1) is 16.4. The highest BCUT2D eigenvalue weighted by Crippen LogP contribution is 2.30. The fraction of sp³-hybridized carbons (Fsp3) is 0.632. The van der Waals surface area contributed by atoms with Crippen LogP contribution in [0.2, 0.25) is 0 Å². The number of piperidine rings is 1. The van der Waals surface area contributed by atoms with Gasteiger partial charge in [0.15, 0.2) is 0 Å². The Morgan fingerprint density at radius 3 is 2.43 bits per heavy atom. The minimum absolute atomic E-state index is 0.211. The van der Waals surface area contributed by atoms with Gasteiger partial charge in [0.1, 0.15) is 5.82 Å². The summed E-state index contributed by atoms with van der Waals surface area (Å²) in [7, 11) is 0. The molecule has 1 aromatic carbocycles. The highest BCUT2D eigenvalue weighted by Gasteiger charge is 2.31. The minimum Gasteiger partial charge on any atom is -0.377 e. The Kier molecular flexibility index (Phi) is 5.65. The molecule has 1 aromatic rings. The zero-order valence-electron chi connectivity index (χ0n) is 13.7. The molecule has 0 atom stereocenters. The van der Waals surface area contributed by atoms with Gasteiger partial charge in [0.05, 0.1) is 6.61 Å². The Morgan fingerprint density at radius 2 is 1.83 bits per heavy atom. The van der Waals surface area contributed by atoms with Gasteiger partial charge >= 0.3 is 0 Å². The predicted molar refractivity (Wildman–Crippen MR) is 87.3 cm³/mol. The molecule has 0 N–H and O–H groups in total. The number of amides is 1. The number of rotatable bonds is 6. The molecule has 1 saturated heterocycles. The molecule has 1 aliphatic carbocycles. The summed E-state index contributed by atoms with van der Waals surface area (Å²) in [5.74, 6) is 1.17. The van der Waals surface area contributed by atoms with E-state index >= 15 is 0 Å². The summed E-state index contributed by atoms with van der Waals surface area (Å²) in [6.45, 7) is 3.10. The smallest absolute Gasteiger partial charge is 0.225 e. The summed E-state index contributed by atoms with van der Waals surface area (Å²) in [6.07, 6.45) is 6.65. The topological polar surface area (TPSA) is 29.5 Å². The molecular formula is C19H26FNO2. The van der Waals surface area contributed by atoms with Gasteiger partial charge in [-0.2, -0.15) is 0 Å². The van der Waals surface area contributed by atoms with E-state index in [1.807, 2.05) is 0 Å². The number of hydrogen-bond donors (Lipinski definition) is 0. The third-order valence-corrected chi connectivity index (χ3v) is 5.23. The summed E-state index contributed by atoms with van der Waals surface area (Å²) in [5, 5.41) is 0. The van der Waals surface area contributed by atoms with Crippen molar-refractivity contribution in [1.82, 2.24) is 4.90 Å². The average Bonchev–Trinajstić information content (AvgIpc) is 2.52. The normalized spacial score (nSPS) is 19.6. The van der Waals surface area contributed by atoms with E-state index in [4.69, 9.17) is 4.74 Å². The number of ether oxygens (including phenoxy) is 1. The van der Waals surface area contributed by atoms with Crippen molar-refractivity contribution in [2.45, 2.75) is 45.1 Å². The number of carbonyl (C=O) groups excluding carboxylic acids is 1. The van der Waals surface area contributed by atoms with E-state index in [-0.39, 0.29) is 5.82 Å². The Labute approximate surface area is 137 Å². The Bertz CT molecular complexity index is 505. The van der Waals surface area contributed by atoms with Gasteiger partial charge in [-0.1, -0.05) is 18.6 Å². The first-order valence-corrected chi connectivity index (χ1v) is 8.83. The number of hydrogen-bond acceptors (Lipinski definition) is 2. The second kappa shape index (κ2) is 7.91. The van der Waals surface area contributed by atoms with Gasteiger partial charge in [-0.25, -0.2) is 4.39 Å². The molecule has 1 aliphatic heterocycles. The van der Waals surface area contributed by atoms with Crippen molar-refractivity contribution in [3.8, 4) is 0 Å². The number of likely N-dealkylation sites (tertiary alicyclic amines) is 1. The summed E-state index contributed by atoms with van der Waals surface area (Å²) >= 11 is 0. The van der Waals surface area contributed by atoms with Crippen LogP contribution in [0.1, 0.15) is 44.1 Å². The highest BCUT2D eigenvalue weighted by atomic mass is 19.1. The average molecular weight is 319 g/mol. The van der Waals surface area contributed by atoms with Crippen molar-refractivity contribution in [2.75, 3.05) is 19.7 Å². The molecule has 0 bridgehead atoms. The van der Waals surface area contributed by atoms with Gasteiger partial charge in [0.2, 0.25) is 5.91 Å². The molecule has 0 unspecified atom stereocenters. The van der Waals surface area contributed by atoms with Crippen molar-refractivity contribution in [3.63, 3.8) is 0 Å². The molecule has 1 heterocycles.